The van der Waals surface area contributed by atoms with E-state index in [1.54, 1.807) is 18.7 Å². The number of nitrogens with zero attached hydrogens (tertiary/aromatic N) is 1. The number of nitrogens with one attached hydrogen (secondary N) is 1. The third-order valence-corrected chi connectivity index (χ3v) is 6.84. The highest BCUT2D eigenvalue weighted by molar-refractivity contribution is 8.01. The Morgan fingerprint density at radius 3 is 2.78 bits per heavy atom. The number of hydrogen-bond acceptors (Lipinski definition) is 5. The quantitative estimate of drug-likeness (QED) is 0.764. The summed E-state index contributed by atoms with van der Waals surface area (Å²) in [4.78, 5) is 2.13. The van der Waals surface area contributed by atoms with Crippen LogP contribution in [0.5, 0.6) is 0 Å². The van der Waals surface area contributed by atoms with Crippen LogP contribution in [-0.4, -0.2) is 61.6 Å². The van der Waals surface area contributed by atoms with Gasteiger partial charge in [0.15, 0.2) is 9.84 Å². The SMILES string of the molecule is CCC(C)NCCN1CCSCC1S(=O)(=O)CC. The summed E-state index contributed by atoms with van der Waals surface area (Å²) in [6, 6.07) is 0.505. The monoisotopic (exact) mass is 294 g/mol. The van der Waals surface area contributed by atoms with Crippen LogP contribution < -0.4 is 5.32 Å². The van der Waals surface area contributed by atoms with Crippen LogP contribution in [0.2, 0.25) is 0 Å². The molecular weight excluding hydrogens is 268 g/mol. The van der Waals surface area contributed by atoms with Gasteiger partial charge in [0.2, 0.25) is 0 Å². The van der Waals surface area contributed by atoms with Crippen molar-refractivity contribution in [1.82, 2.24) is 10.2 Å². The summed E-state index contributed by atoms with van der Waals surface area (Å²) in [6.45, 7) is 8.64. The predicted octanol–water partition coefficient (Wildman–Crippen LogP) is 1.18. The molecule has 0 aromatic carbocycles. The number of rotatable bonds is 7. The fourth-order valence-corrected chi connectivity index (χ4v) is 5.10. The Labute approximate surface area is 116 Å². The zero-order chi connectivity index (χ0) is 13.6. The first-order valence-electron chi connectivity index (χ1n) is 6.78. The van der Waals surface area contributed by atoms with Gasteiger partial charge >= 0.3 is 0 Å². The average Bonchev–Trinajstić information content (AvgIpc) is 2.39. The first kappa shape index (κ1) is 16.3. The molecule has 1 aliphatic rings. The minimum absolute atomic E-state index is 0.244. The maximum atomic E-state index is 12.0. The molecule has 0 amide bonds. The van der Waals surface area contributed by atoms with Gasteiger partial charge in [0.1, 0.15) is 5.37 Å². The van der Waals surface area contributed by atoms with Crippen molar-refractivity contribution < 1.29 is 8.42 Å². The number of sulfone groups is 1. The van der Waals surface area contributed by atoms with Crippen LogP contribution in [-0.2, 0) is 9.84 Å². The molecule has 6 heteroatoms. The molecule has 0 saturated carbocycles. The zero-order valence-electron chi connectivity index (χ0n) is 11.7. The van der Waals surface area contributed by atoms with Crippen molar-refractivity contribution in [2.45, 2.75) is 38.6 Å². The van der Waals surface area contributed by atoms with E-state index < -0.39 is 9.84 Å². The van der Waals surface area contributed by atoms with Gasteiger partial charge in [-0.2, -0.15) is 11.8 Å². The van der Waals surface area contributed by atoms with Gasteiger partial charge in [-0.15, -0.1) is 0 Å². The molecule has 1 saturated heterocycles. The van der Waals surface area contributed by atoms with Gasteiger partial charge in [0.25, 0.3) is 0 Å². The fraction of sp³-hybridized carbons (Fsp3) is 1.00. The second kappa shape index (κ2) is 7.72. The summed E-state index contributed by atoms with van der Waals surface area (Å²) in [5.41, 5.74) is 0. The molecule has 0 spiro atoms. The van der Waals surface area contributed by atoms with Crippen molar-refractivity contribution in [2.75, 3.05) is 36.9 Å². The van der Waals surface area contributed by atoms with E-state index in [2.05, 4.69) is 24.1 Å². The minimum atomic E-state index is -2.95. The van der Waals surface area contributed by atoms with E-state index in [9.17, 15) is 8.42 Å². The lowest BCUT2D eigenvalue weighted by Crippen LogP contribution is -2.50. The molecule has 0 radical (unpaired) electrons. The molecule has 1 fully saturated rings. The first-order chi connectivity index (χ1) is 8.51. The largest absolute Gasteiger partial charge is 0.313 e. The van der Waals surface area contributed by atoms with E-state index >= 15 is 0 Å². The van der Waals surface area contributed by atoms with Crippen molar-refractivity contribution in [3.8, 4) is 0 Å². The van der Waals surface area contributed by atoms with Gasteiger partial charge < -0.3 is 5.32 Å². The molecule has 1 rings (SSSR count). The first-order valence-corrected chi connectivity index (χ1v) is 9.65. The van der Waals surface area contributed by atoms with Gasteiger partial charge in [0, 0.05) is 42.9 Å². The average molecular weight is 294 g/mol. The lowest BCUT2D eigenvalue weighted by Gasteiger charge is -2.34. The fourth-order valence-electron chi connectivity index (χ4n) is 1.99. The molecule has 0 aromatic heterocycles. The molecule has 2 atom stereocenters. The zero-order valence-corrected chi connectivity index (χ0v) is 13.3. The van der Waals surface area contributed by atoms with Crippen molar-refractivity contribution in [2.24, 2.45) is 0 Å². The van der Waals surface area contributed by atoms with Gasteiger partial charge in [0.05, 0.1) is 0 Å². The summed E-state index contributed by atoms with van der Waals surface area (Å²) < 4.78 is 24.1. The third kappa shape index (κ3) is 4.72. The number of thioether (sulfide) groups is 1. The maximum absolute atomic E-state index is 12.0. The van der Waals surface area contributed by atoms with Gasteiger partial charge in [-0.3, -0.25) is 4.90 Å². The second-order valence-electron chi connectivity index (χ2n) is 4.78. The van der Waals surface area contributed by atoms with E-state index in [0.29, 0.717) is 6.04 Å². The summed E-state index contributed by atoms with van der Waals surface area (Å²) in [7, 11) is -2.95. The van der Waals surface area contributed by atoms with E-state index in [0.717, 1.165) is 37.6 Å². The molecule has 1 N–H and O–H groups in total. The molecule has 1 aliphatic heterocycles. The van der Waals surface area contributed by atoms with E-state index in [-0.39, 0.29) is 11.1 Å². The Balaban J connectivity index is 2.50. The van der Waals surface area contributed by atoms with Crippen LogP contribution in [0, 0.1) is 0 Å². The second-order valence-corrected chi connectivity index (χ2v) is 8.38. The predicted molar refractivity (Wildman–Crippen MR) is 79.9 cm³/mol. The highest BCUT2D eigenvalue weighted by Gasteiger charge is 2.32. The van der Waals surface area contributed by atoms with Crippen LogP contribution in [0.3, 0.4) is 0 Å². The van der Waals surface area contributed by atoms with Crippen LogP contribution in [0.4, 0.5) is 0 Å². The Morgan fingerprint density at radius 1 is 1.44 bits per heavy atom. The Bertz CT molecular complexity index is 333. The standard InChI is InChI=1S/C12H26N2O2S2/c1-4-11(3)13-6-7-14-8-9-17-10-12(14)18(15,16)5-2/h11-13H,4-10H2,1-3H3. The van der Waals surface area contributed by atoms with E-state index in [1.807, 2.05) is 0 Å². The smallest absolute Gasteiger partial charge is 0.166 e. The van der Waals surface area contributed by atoms with Gasteiger partial charge in [-0.25, -0.2) is 8.42 Å². The Hall–Kier alpha value is 0.220. The van der Waals surface area contributed by atoms with Crippen molar-refractivity contribution in [3.05, 3.63) is 0 Å². The molecule has 2 unspecified atom stereocenters. The van der Waals surface area contributed by atoms with Crippen molar-refractivity contribution in [3.63, 3.8) is 0 Å². The van der Waals surface area contributed by atoms with Crippen LogP contribution in [0.1, 0.15) is 27.2 Å². The lowest BCUT2D eigenvalue weighted by atomic mass is 10.2. The molecular formula is C12H26N2O2S2. The molecule has 0 bridgehead atoms. The molecule has 108 valence electrons. The third-order valence-electron chi connectivity index (χ3n) is 3.51. The van der Waals surface area contributed by atoms with Crippen LogP contribution in [0.15, 0.2) is 0 Å². The van der Waals surface area contributed by atoms with Gasteiger partial charge in [-0.05, 0) is 13.3 Å². The van der Waals surface area contributed by atoms with Crippen LogP contribution in [0.25, 0.3) is 0 Å². The van der Waals surface area contributed by atoms with E-state index in [1.165, 1.54) is 0 Å². The summed E-state index contributed by atoms with van der Waals surface area (Å²) in [5.74, 6) is 2.01. The molecule has 1 heterocycles. The minimum Gasteiger partial charge on any atom is -0.313 e. The van der Waals surface area contributed by atoms with Crippen molar-refractivity contribution >= 4 is 21.6 Å². The normalized spacial score (nSPS) is 24.1. The summed E-state index contributed by atoms with van der Waals surface area (Å²) in [6.07, 6.45) is 1.10. The summed E-state index contributed by atoms with van der Waals surface area (Å²) >= 11 is 1.75. The molecule has 0 aliphatic carbocycles. The number of hydrogen-bond donors (Lipinski definition) is 1. The Morgan fingerprint density at radius 2 is 2.17 bits per heavy atom. The highest BCUT2D eigenvalue weighted by atomic mass is 32.2. The lowest BCUT2D eigenvalue weighted by molar-refractivity contribution is 0.265. The topological polar surface area (TPSA) is 49.4 Å². The van der Waals surface area contributed by atoms with E-state index in [4.69, 9.17) is 0 Å². The Kier molecular flexibility index (Phi) is 6.98. The van der Waals surface area contributed by atoms with Crippen LogP contribution >= 0.6 is 11.8 Å². The molecule has 0 aromatic rings. The summed E-state index contributed by atoms with van der Waals surface area (Å²) in [5, 5.41) is 3.15. The highest BCUT2D eigenvalue weighted by Crippen LogP contribution is 2.20. The van der Waals surface area contributed by atoms with Crippen molar-refractivity contribution in [1.29, 1.82) is 0 Å². The maximum Gasteiger partial charge on any atom is 0.166 e. The molecule has 18 heavy (non-hydrogen) atoms. The molecule has 4 nitrogen and oxygen atoms in total. The van der Waals surface area contributed by atoms with Gasteiger partial charge in [-0.1, -0.05) is 13.8 Å².